The molecule has 0 N–H and O–H groups in total. The molecule has 122 valence electrons. The topological polar surface area (TPSA) is 3.01 Å². The van der Waals surface area contributed by atoms with Crippen molar-refractivity contribution in [3.8, 4) is 0 Å². The zero-order chi connectivity index (χ0) is 16.4. The van der Waals surface area contributed by atoms with Gasteiger partial charge in [-0.15, -0.1) is 11.8 Å². The lowest BCUT2D eigenvalue weighted by molar-refractivity contribution is -0.535. The van der Waals surface area contributed by atoms with Gasteiger partial charge >= 0.3 is 0 Å². The summed E-state index contributed by atoms with van der Waals surface area (Å²) >= 11 is 1.98. The Morgan fingerprint density at radius 3 is 2.21 bits per heavy atom. The molecule has 0 spiro atoms. The van der Waals surface area contributed by atoms with Crippen molar-refractivity contribution in [3.63, 3.8) is 0 Å². The predicted octanol–water partition coefficient (Wildman–Crippen LogP) is 5.31. The van der Waals surface area contributed by atoms with Crippen LogP contribution in [0.2, 0.25) is 0 Å². The Morgan fingerprint density at radius 2 is 1.50 bits per heavy atom. The number of hydrogen-bond donors (Lipinski definition) is 0. The fraction of sp³-hybridized carbons (Fsp3) is 0.318. The highest BCUT2D eigenvalue weighted by Gasteiger charge is 2.35. The molecule has 1 aliphatic heterocycles. The molecule has 1 aliphatic carbocycles. The highest BCUT2D eigenvalue weighted by atomic mass is 32.2. The molecule has 1 saturated heterocycles. The molecule has 0 unspecified atom stereocenters. The minimum absolute atomic E-state index is 1.10. The van der Waals surface area contributed by atoms with Gasteiger partial charge in [0.05, 0.1) is 11.1 Å². The summed E-state index contributed by atoms with van der Waals surface area (Å²) in [6.45, 7) is 4.62. The van der Waals surface area contributed by atoms with Crippen molar-refractivity contribution in [2.24, 2.45) is 0 Å². The van der Waals surface area contributed by atoms with E-state index in [0.717, 1.165) is 5.75 Å². The van der Waals surface area contributed by atoms with Gasteiger partial charge in [-0.3, -0.25) is 0 Å². The van der Waals surface area contributed by atoms with Gasteiger partial charge in [0.15, 0.2) is 0 Å². The SMILES string of the molecule is CCSC1=C(c2ccccc2)C(=[N+]2CCCCC2)c2ccccc21. The van der Waals surface area contributed by atoms with E-state index in [0.29, 0.717) is 0 Å². The summed E-state index contributed by atoms with van der Waals surface area (Å²) in [6.07, 6.45) is 3.99. The van der Waals surface area contributed by atoms with Crippen LogP contribution in [0.25, 0.3) is 10.5 Å². The lowest BCUT2D eigenvalue weighted by atomic mass is 9.99. The van der Waals surface area contributed by atoms with E-state index < -0.39 is 0 Å². The molecule has 2 aromatic rings. The zero-order valence-electron chi connectivity index (χ0n) is 14.3. The van der Waals surface area contributed by atoms with Gasteiger partial charge in [-0.05, 0) is 23.8 Å². The van der Waals surface area contributed by atoms with Crippen LogP contribution in [0.5, 0.6) is 0 Å². The van der Waals surface area contributed by atoms with Gasteiger partial charge in [0, 0.05) is 23.3 Å². The number of allylic oxidation sites excluding steroid dienone is 1. The van der Waals surface area contributed by atoms with Crippen LogP contribution in [-0.4, -0.2) is 29.1 Å². The molecule has 2 aromatic carbocycles. The number of piperidine rings is 1. The Hall–Kier alpha value is -1.80. The van der Waals surface area contributed by atoms with Crippen molar-refractivity contribution >= 4 is 28.0 Å². The van der Waals surface area contributed by atoms with E-state index in [1.54, 1.807) is 0 Å². The third kappa shape index (κ3) is 2.73. The quantitative estimate of drug-likeness (QED) is 0.688. The Kier molecular flexibility index (Phi) is 4.57. The molecule has 4 rings (SSSR count). The fourth-order valence-corrected chi connectivity index (χ4v) is 4.86. The van der Waals surface area contributed by atoms with E-state index in [-0.39, 0.29) is 0 Å². The van der Waals surface area contributed by atoms with Crippen molar-refractivity contribution in [1.29, 1.82) is 0 Å². The molecule has 2 aliphatic rings. The van der Waals surface area contributed by atoms with Crippen LogP contribution in [0.1, 0.15) is 42.9 Å². The van der Waals surface area contributed by atoms with Crippen molar-refractivity contribution < 1.29 is 4.58 Å². The van der Waals surface area contributed by atoms with Gasteiger partial charge in [-0.25, -0.2) is 4.58 Å². The van der Waals surface area contributed by atoms with Gasteiger partial charge < -0.3 is 0 Å². The largest absolute Gasteiger partial charge is 0.229 e. The summed E-state index contributed by atoms with van der Waals surface area (Å²) in [5.74, 6) is 1.10. The smallest absolute Gasteiger partial charge is 0.216 e. The average Bonchev–Trinajstić information content (AvgIpc) is 2.98. The standard InChI is InChI=1S/C22H24NS/c1-2-24-22-19-14-8-7-13-18(19)21(23-15-9-4-10-16-23)20(22)17-11-5-3-6-12-17/h3,5-8,11-14H,2,4,9-10,15-16H2,1H3/q+1. The van der Waals surface area contributed by atoms with E-state index >= 15 is 0 Å². The first-order chi connectivity index (χ1) is 11.9. The van der Waals surface area contributed by atoms with Crippen molar-refractivity contribution in [2.75, 3.05) is 18.8 Å². The summed E-state index contributed by atoms with van der Waals surface area (Å²) in [6, 6.07) is 19.9. The van der Waals surface area contributed by atoms with E-state index in [2.05, 4.69) is 66.1 Å². The first-order valence-corrected chi connectivity index (χ1v) is 10.0. The first-order valence-electron chi connectivity index (χ1n) is 9.04. The van der Waals surface area contributed by atoms with E-state index in [1.807, 2.05) is 11.8 Å². The second-order valence-corrected chi connectivity index (χ2v) is 7.72. The van der Waals surface area contributed by atoms with Gasteiger partial charge in [0.1, 0.15) is 13.1 Å². The van der Waals surface area contributed by atoms with E-state index in [9.17, 15) is 0 Å². The van der Waals surface area contributed by atoms with Crippen LogP contribution in [0.15, 0.2) is 54.6 Å². The van der Waals surface area contributed by atoms with Gasteiger partial charge in [-0.1, -0.05) is 55.5 Å². The molecule has 24 heavy (non-hydrogen) atoms. The maximum absolute atomic E-state index is 2.63. The second-order valence-electron chi connectivity index (χ2n) is 6.45. The van der Waals surface area contributed by atoms with Crippen LogP contribution in [0.3, 0.4) is 0 Å². The normalized spacial score (nSPS) is 17.4. The van der Waals surface area contributed by atoms with Gasteiger partial charge in [0.2, 0.25) is 5.71 Å². The minimum Gasteiger partial charge on any atom is -0.229 e. The molecule has 1 nitrogen and oxygen atoms in total. The zero-order valence-corrected chi connectivity index (χ0v) is 15.1. The summed E-state index contributed by atoms with van der Waals surface area (Å²) in [5, 5.41) is 0. The molecular formula is C22H24NS+. The molecular weight excluding hydrogens is 310 g/mol. The summed E-state index contributed by atoms with van der Waals surface area (Å²) in [5.41, 5.74) is 7.11. The monoisotopic (exact) mass is 334 g/mol. The van der Waals surface area contributed by atoms with Gasteiger partial charge in [-0.2, -0.15) is 0 Å². The van der Waals surface area contributed by atoms with E-state index in [1.165, 1.54) is 65.2 Å². The van der Waals surface area contributed by atoms with Crippen molar-refractivity contribution in [2.45, 2.75) is 26.2 Å². The molecule has 0 aromatic heterocycles. The second kappa shape index (κ2) is 6.98. The Bertz CT molecular complexity index is 794. The number of thioether (sulfide) groups is 1. The van der Waals surface area contributed by atoms with Crippen LogP contribution in [0, 0.1) is 0 Å². The molecule has 0 saturated carbocycles. The fourth-order valence-electron chi connectivity index (χ4n) is 3.88. The summed E-state index contributed by atoms with van der Waals surface area (Å²) < 4.78 is 2.63. The Balaban J connectivity index is 1.98. The lowest BCUT2D eigenvalue weighted by Gasteiger charge is -2.15. The minimum atomic E-state index is 1.10. The van der Waals surface area contributed by atoms with Crippen molar-refractivity contribution in [3.05, 3.63) is 71.3 Å². The third-order valence-electron chi connectivity index (χ3n) is 4.91. The average molecular weight is 335 g/mol. The predicted molar refractivity (Wildman–Crippen MR) is 106 cm³/mol. The number of benzene rings is 2. The third-order valence-corrected chi connectivity index (χ3v) is 5.92. The molecule has 1 heterocycles. The maximum Gasteiger partial charge on any atom is 0.216 e. The number of rotatable bonds is 3. The molecule has 1 fully saturated rings. The summed E-state index contributed by atoms with van der Waals surface area (Å²) in [4.78, 5) is 1.46. The first kappa shape index (κ1) is 15.7. The van der Waals surface area contributed by atoms with Crippen LogP contribution >= 0.6 is 11.8 Å². The maximum atomic E-state index is 2.63. The molecule has 0 radical (unpaired) electrons. The van der Waals surface area contributed by atoms with Crippen molar-refractivity contribution in [1.82, 2.24) is 0 Å². The van der Waals surface area contributed by atoms with Crippen LogP contribution in [-0.2, 0) is 0 Å². The Labute approximate surface area is 149 Å². The van der Waals surface area contributed by atoms with Crippen LogP contribution < -0.4 is 0 Å². The lowest BCUT2D eigenvalue weighted by Crippen LogP contribution is -2.27. The highest BCUT2D eigenvalue weighted by molar-refractivity contribution is 8.08. The number of nitrogens with zero attached hydrogens (tertiary/aromatic N) is 1. The highest BCUT2D eigenvalue weighted by Crippen LogP contribution is 2.44. The number of hydrogen-bond acceptors (Lipinski definition) is 1. The van der Waals surface area contributed by atoms with Crippen LogP contribution in [0.4, 0.5) is 0 Å². The van der Waals surface area contributed by atoms with Gasteiger partial charge in [0.25, 0.3) is 0 Å². The molecule has 2 heteroatoms. The van der Waals surface area contributed by atoms with E-state index in [4.69, 9.17) is 0 Å². The number of fused-ring (bicyclic) bond motifs is 1. The molecule has 0 atom stereocenters. The molecule has 0 bridgehead atoms. The summed E-state index contributed by atoms with van der Waals surface area (Å²) in [7, 11) is 0. The Morgan fingerprint density at radius 1 is 0.833 bits per heavy atom. The molecule has 0 amide bonds.